The highest BCUT2D eigenvalue weighted by molar-refractivity contribution is 5.69. The highest BCUT2D eigenvalue weighted by Crippen LogP contribution is 2.37. The lowest BCUT2D eigenvalue weighted by Gasteiger charge is -2.38. The molecule has 3 nitrogen and oxygen atoms in total. The molecule has 1 saturated heterocycles. The highest BCUT2D eigenvalue weighted by atomic mass is 19.2. The molecule has 1 heterocycles. The van der Waals surface area contributed by atoms with E-state index in [1.165, 1.54) is 0 Å². The molecule has 0 saturated carbocycles. The third kappa shape index (κ3) is 2.14. The molecule has 1 fully saturated rings. The lowest BCUT2D eigenvalue weighted by molar-refractivity contribution is 0.0385. The van der Waals surface area contributed by atoms with Gasteiger partial charge in [0.2, 0.25) is 0 Å². The van der Waals surface area contributed by atoms with Crippen molar-refractivity contribution < 1.29 is 22.7 Å². The second kappa shape index (κ2) is 4.19. The Balaban J connectivity index is 2.43. The molecule has 2 rings (SSSR count). The van der Waals surface area contributed by atoms with Gasteiger partial charge < -0.3 is 10.1 Å². The molecule has 98 valence electrons. The van der Waals surface area contributed by atoms with Crippen molar-refractivity contribution >= 4 is 6.09 Å². The standard InChI is InChI=1S/C12H12F3NO2/c1-12(2)5-18-11(17)16-10(12)6-3-7(13)9(15)8(14)4-6/h3-4,10H,5H2,1-2H3,(H,16,17)/t10-/m1/s1. The predicted octanol–water partition coefficient (Wildman–Crippen LogP) is 2.91. The minimum atomic E-state index is -1.52. The molecule has 18 heavy (non-hydrogen) atoms. The van der Waals surface area contributed by atoms with Crippen LogP contribution in [0.4, 0.5) is 18.0 Å². The zero-order chi connectivity index (χ0) is 13.5. The summed E-state index contributed by atoms with van der Waals surface area (Å²) in [5, 5.41) is 2.48. The number of carbonyl (C=O) groups excluding carboxylic acids is 1. The number of cyclic esters (lactones) is 1. The molecule has 6 heteroatoms. The average Bonchev–Trinajstić information content (AvgIpc) is 2.28. The number of amides is 1. The van der Waals surface area contributed by atoms with E-state index in [4.69, 9.17) is 4.74 Å². The van der Waals surface area contributed by atoms with Gasteiger partial charge in [-0.25, -0.2) is 18.0 Å². The van der Waals surface area contributed by atoms with Crippen LogP contribution in [0.15, 0.2) is 12.1 Å². The molecule has 0 bridgehead atoms. The molecule has 1 aromatic rings. The third-order valence-electron chi connectivity index (χ3n) is 2.96. The molecular formula is C12H12F3NO2. The number of nitrogens with one attached hydrogen (secondary N) is 1. The zero-order valence-corrected chi connectivity index (χ0v) is 9.89. The van der Waals surface area contributed by atoms with Gasteiger partial charge in [0.25, 0.3) is 0 Å². The molecule has 1 aromatic carbocycles. The lowest BCUT2D eigenvalue weighted by Crippen LogP contribution is -2.47. The van der Waals surface area contributed by atoms with Crippen molar-refractivity contribution in [3.05, 3.63) is 35.1 Å². The normalized spacial score (nSPS) is 22.3. The van der Waals surface area contributed by atoms with Gasteiger partial charge in [-0.05, 0) is 17.7 Å². The van der Waals surface area contributed by atoms with Gasteiger partial charge in [-0.3, -0.25) is 0 Å². The number of rotatable bonds is 1. The van der Waals surface area contributed by atoms with Gasteiger partial charge in [-0.2, -0.15) is 0 Å². The van der Waals surface area contributed by atoms with Crippen LogP contribution >= 0.6 is 0 Å². The molecule has 0 radical (unpaired) electrons. The van der Waals surface area contributed by atoms with Gasteiger partial charge in [0.15, 0.2) is 17.5 Å². The average molecular weight is 259 g/mol. The fourth-order valence-corrected chi connectivity index (χ4v) is 1.97. The number of hydrogen-bond donors (Lipinski definition) is 1. The van der Waals surface area contributed by atoms with E-state index in [0.29, 0.717) is 0 Å². The maximum atomic E-state index is 13.2. The second-order valence-corrected chi connectivity index (χ2v) is 4.94. The summed E-state index contributed by atoms with van der Waals surface area (Å²) in [5.41, 5.74) is -0.377. The van der Waals surface area contributed by atoms with Crippen molar-refractivity contribution in [1.29, 1.82) is 0 Å². The largest absolute Gasteiger partial charge is 0.449 e. The summed E-state index contributed by atoms with van der Waals surface area (Å²) in [6, 6.07) is 1.13. The van der Waals surface area contributed by atoms with Crippen LogP contribution in [-0.4, -0.2) is 12.7 Å². The Bertz CT molecular complexity index is 479. The summed E-state index contributed by atoms with van der Waals surface area (Å²) in [6.07, 6.45) is -0.663. The SMILES string of the molecule is CC1(C)COC(=O)N[C@@H]1c1cc(F)c(F)c(F)c1. The van der Waals surface area contributed by atoms with Gasteiger partial charge in [-0.1, -0.05) is 13.8 Å². The second-order valence-electron chi connectivity index (χ2n) is 4.94. The molecule has 1 atom stereocenters. The van der Waals surface area contributed by atoms with E-state index in [1.807, 2.05) is 0 Å². The van der Waals surface area contributed by atoms with E-state index in [-0.39, 0.29) is 12.2 Å². The smallest absolute Gasteiger partial charge is 0.407 e. The monoisotopic (exact) mass is 259 g/mol. The van der Waals surface area contributed by atoms with Gasteiger partial charge in [0.1, 0.15) is 6.61 Å². The zero-order valence-electron chi connectivity index (χ0n) is 9.89. The van der Waals surface area contributed by atoms with E-state index in [1.54, 1.807) is 13.8 Å². The van der Waals surface area contributed by atoms with Crippen LogP contribution in [0.1, 0.15) is 25.5 Å². The van der Waals surface area contributed by atoms with Crippen LogP contribution in [0, 0.1) is 22.9 Å². The highest BCUT2D eigenvalue weighted by Gasteiger charge is 2.38. The summed E-state index contributed by atoms with van der Waals surface area (Å²) in [4.78, 5) is 11.2. The predicted molar refractivity (Wildman–Crippen MR) is 57.3 cm³/mol. The fraction of sp³-hybridized carbons (Fsp3) is 0.417. The van der Waals surface area contributed by atoms with Crippen molar-refractivity contribution in [2.45, 2.75) is 19.9 Å². The van der Waals surface area contributed by atoms with E-state index >= 15 is 0 Å². The number of benzene rings is 1. The first-order chi connectivity index (χ1) is 8.31. The van der Waals surface area contributed by atoms with Crippen molar-refractivity contribution in [1.82, 2.24) is 5.32 Å². The Morgan fingerprint density at radius 1 is 1.28 bits per heavy atom. The Morgan fingerprint density at radius 2 is 1.83 bits per heavy atom. The van der Waals surface area contributed by atoms with E-state index < -0.39 is 35.0 Å². The lowest BCUT2D eigenvalue weighted by atomic mass is 9.80. The Hall–Kier alpha value is -1.72. The Labute approximate surface area is 102 Å². The van der Waals surface area contributed by atoms with Gasteiger partial charge >= 0.3 is 6.09 Å². The molecule has 0 unspecified atom stereocenters. The van der Waals surface area contributed by atoms with Crippen LogP contribution in [0.2, 0.25) is 0 Å². The molecule has 1 aliphatic heterocycles. The van der Waals surface area contributed by atoms with Crippen LogP contribution in [0.5, 0.6) is 0 Å². The van der Waals surface area contributed by atoms with Crippen molar-refractivity contribution in [2.75, 3.05) is 6.61 Å². The number of halogens is 3. The van der Waals surface area contributed by atoms with Crippen LogP contribution in [0.25, 0.3) is 0 Å². The maximum absolute atomic E-state index is 13.2. The molecule has 0 aliphatic carbocycles. The molecule has 0 spiro atoms. The summed E-state index contributed by atoms with van der Waals surface area (Å²) < 4.78 is 44.1. The van der Waals surface area contributed by atoms with Crippen molar-refractivity contribution in [2.24, 2.45) is 5.41 Å². The maximum Gasteiger partial charge on any atom is 0.407 e. The van der Waals surface area contributed by atoms with E-state index in [9.17, 15) is 18.0 Å². The summed E-state index contributed by atoms with van der Waals surface area (Å²) >= 11 is 0. The first-order valence-electron chi connectivity index (χ1n) is 5.39. The van der Waals surface area contributed by atoms with Crippen LogP contribution in [0.3, 0.4) is 0 Å². The summed E-state index contributed by atoms with van der Waals surface area (Å²) in [7, 11) is 0. The van der Waals surface area contributed by atoms with E-state index in [0.717, 1.165) is 12.1 Å². The molecule has 1 aliphatic rings. The minimum Gasteiger partial charge on any atom is -0.449 e. The molecule has 1 N–H and O–H groups in total. The van der Waals surface area contributed by atoms with Gasteiger partial charge in [0, 0.05) is 5.41 Å². The number of hydrogen-bond acceptors (Lipinski definition) is 2. The Morgan fingerprint density at radius 3 is 2.39 bits per heavy atom. The quantitative estimate of drug-likeness (QED) is 0.787. The van der Waals surface area contributed by atoms with Gasteiger partial charge in [0.05, 0.1) is 6.04 Å². The molecule has 0 aromatic heterocycles. The first-order valence-corrected chi connectivity index (χ1v) is 5.39. The summed E-state index contributed by atoms with van der Waals surface area (Å²) in [6.45, 7) is 3.66. The Kier molecular flexibility index (Phi) is 2.96. The van der Waals surface area contributed by atoms with E-state index in [2.05, 4.69) is 5.32 Å². The third-order valence-corrected chi connectivity index (χ3v) is 2.96. The fourth-order valence-electron chi connectivity index (χ4n) is 1.97. The van der Waals surface area contributed by atoms with Crippen molar-refractivity contribution in [3.63, 3.8) is 0 Å². The van der Waals surface area contributed by atoms with Crippen LogP contribution < -0.4 is 5.32 Å². The van der Waals surface area contributed by atoms with Crippen LogP contribution in [-0.2, 0) is 4.74 Å². The number of ether oxygens (including phenoxy) is 1. The number of carbonyl (C=O) groups is 1. The van der Waals surface area contributed by atoms with Gasteiger partial charge in [-0.15, -0.1) is 0 Å². The minimum absolute atomic E-state index is 0.115. The molecule has 1 amide bonds. The topological polar surface area (TPSA) is 38.3 Å². The number of alkyl carbamates (subject to hydrolysis) is 1. The molecular weight excluding hydrogens is 247 g/mol. The first kappa shape index (κ1) is 12.7. The van der Waals surface area contributed by atoms with Crippen molar-refractivity contribution in [3.8, 4) is 0 Å². The summed E-state index contributed by atoms with van der Waals surface area (Å²) in [5.74, 6) is -4.07.